The van der Waals surface area contributed by atoms with Gasteiger partial charge < -0.3 is 14.9 Å². The third-order valence-electron chi connectivity index (χ3n) is 3.79. The van der Waals surface area contributed by atoms with Crippen LogP contribution in [0.25, 0.3) is 11.0 Å². The van der Waals surface area contributed by atoms with Crippen LogP contribution in [-0.4, -0.2) is 13.2 Å². The molecule has 2 N–H and O–H groups in total. The Bertz CT molecular complexity index is 540. The highest BCUT2D eigenvalue weighted by Gasteiger charge is 2.24. The van der Waals surface area contributed by atoms with E-state index in [4.69, 9.17) is 14.9 Å². The van der Waals surface area contributed by atoms with Crippen molar-refractivity contribution in [1.29, 1.82) is 0 Å². The molecule has 3 heteroatoms. The number of aryl methyl sites for hydroxylation is 1. The molecule has 2 aromatic rings. The van der Waals surface area contributed by atoms with Gasteiger partial charge in [-0.05, 0) is 43.9 Å². The molecule has 1 aliphatic heterocycles. The highest BCUT2D eigenvalue weighted by molar-refractivity contribution is 5.78. The van der Waals surface area contributed by atoms with Gasteiger partial charge in [-0.3, -0.25) is 0 Å². The molecule has 0 spiro atoms. The molecule has 3 rings (SSSR count). The number of ether oxygens (including phenoxy) is 1. The summed E-state index contributed by atoms with van der Waals surface area (Å²) >= 11 is 0. The molecule has 0 radical (unpaired) electrons. The van der Waals surface area contributed by atoms with Crippen LogP contribution < -0.4 is 5.73 Å². The summed E-state index contributed by atoms with van der Waals surface area (Å²) in [4.78, 5) is 0. The molecule has 0 amide bonds. The monoisotopic (exact) mass is 245 g/mol. The molecular formula is C15H19NO2. The molecule has 0 aliphatic carbocycles. The number of hydrogen-bond donors (Lipinski definition) is 1. The first kappa shape index (κ1) is 11.8. The molecule has 0 bridgehead atoms. The van der Waals surface area contributed by atoms with Crippen molar-refractivity contribution in [3.05, 3.63) is 35.6 Å². The van der Waals surface area contributed by atoms with Crippen LogP contribution >= 0.6 is 0 Å². The van der Waals surface area contributed by atoms with Gasteiger partial charge in [-0.25, -0.2) is 0 Å². The summed E-state index contributed by atoms with van der Waals surface area (Å²) in [5, 5.41) is 1.15. The lowest BCUT2D eigenvalue weighted by atomic mass is 9.91. The van der Waals surface area contributed by atoms with E-state index < -0.39 is 0 Å². The fourth-order valence-electron chi connectivity index (χ4n) is 2.65. The van der Waals surface area contributed by atoms with Crippen molar-refractivity contribution in [2.24, 2.45) is 11.7 Å². The van der Waals surface area contributed by atoms with Crippen molar-refractivity contribution in [2.45, 2.75) is 25.8 Å². The lowest BCUT2D eigenvalue weighted by molar-refractivity contribution is 0.0562. The summed E-state index contributed by atoms with van der Waals surface area (Å²) in [5.41, 5.74) is 8.50. The molecule has 1 aromatic heterocycles. The Balaban J connectivity index is 1.88. The third kappa shape index (κ3) is 2.16. The van der Waals surface area contributed by atoms with Crippen molar-refractivity contribution in [2.75, 3.05) is 13.2 Å². The smallest absolute Gasteiger partial charge is 0.134 e. The largest absolute Gasteiger partial charge is 0.459 e. The van der Waals surface area contributed by atoms with Gasteiger partial charge in [0.2, 0.25) is 0 Å². The van der Waals surface area contributed by atoms with Gasteiger partial charge in [0.25, 0.3) is 0 Å². The SMILES string of the molecule is Cc1ccc2oc(C(N)C3CCOCC3)cc2c1. The number of nitrogens with two attached hydrogens (primary N) is 1. The van der Waals surface area contributed by atoms with E-state index in [-0.39, 0.29) is 6.04 Å². The summed E-state index contributed by atoms with van der Waals surface area (Å²) in [5.74, 6) is 1.38. The number of benzene rings is 1. The second kappa shape index (κ2) is 4.75. The van der Waals surface area contributed by atoms with Crippen LogP contribution in [0.2, 0.25) is 0 Å². The van der Waals surface area contributed by atoms with Crippen LogP contribution in [0.3, 0.4) is 0 Å². The van der Waals surface area contributed by atoms with Crippen molar-refractivity contribution in [3.63, 3.8) is 0 Å². The Labute approximate surface area is 107 Å². The molecule has 2 heterocycles. The minimum Gasteiger partial charge on any atom is -0.459 e. The Kier molecular flexibility index (Phi) is 3.10. The highest BCUT2D eigenvalue weighted by Crippen LogP contribution is 2.31. The molecule has 1 aromatic carbocycles. The van der Waals surface area contributed by atoms with E-state index in [1.165, 1.54) is 5.56 Å². The van der Waals surface area contributed by atoms with Gasteiger partial charge in [0.05, 0.1) is 6.04 Å². The molecule has 1 aliphatic rings. The maximum atomic E-state index is 6.32. The molecule has 96 valence electrons. The Morgan fingerprint density at radius 3 is 2.78 bits per heavy atom. The van der Waals surface area contributed by atoms with E-state index in [2.05, 4.69) is 25.1 Å². The van der Waals surface area contributed by atoms with Gasteiger partial charge in [-0.2, -0.15) is 0 Å². The third-order valence-corrected chi connectivity index (χ3v) is 3.79. The van der Waals surface area contributed by atoms with Gasteiger partial charge in [-0.1, -0.05) is 11.6 Å². The molecular weight excluding hydrogens is 226 g/mol. The normalized spacial score (nSPS) is 19.2. The Hall–Kier alpha value is -1.32. The zero-order chi connectivity index (χ0) is 12.5. The summed E-state index contributed by atoms with van der Waals surface area (Å²) in [6, 6.07) is 8.30. The van der Waals surface area contributed by atoms with E-state index >= 15 is 0 Å². The molecule has 1 saturated heterocycles. The van der Waals surface area contributed by atoms with Crippen LogP contribution in [-0.2, 0) is 4.74 Å². The molecule has 1 unspecified atom stereocenters. The average Bonchev–Trinajstić information content (AvgIpc) is 2.81. The summed E-state index contributed by atoms with van der Waals surface area (Å²) in [6.07, 6.45) is 2.05. The Morgan fingerprint density at radius 2 is 2.00 bits per heavy atom. The van der Waals surface area contributed by atoms with Crippen LogP contribution in [0.5, 0.6) is 0 Å². The standard InChI is InChI=1S/C15H19NO2/c1-10-2-3-13-12(8-10)9-14(18-13)15(16)11-4-6-17-7-5-11/h2-3,8-9,11,15H,4-7,16H2,1H3. The molecule has 0 saturated carbocycles. The summed E-state index contributed by atoms with van der Waals surface area (Å²) in [6.45, 7) is 3.72. The molecule has 1 atom stereocenters. The number of hydrogen-bond acceptors (Lipinski definition) is 3. The maximum Gasteiger partial charge on any atom is 0.134 e. The molecule has 3 nitrogen and oxygen atoms in total. The van der Waals surface area contributed by atoms with Crippen LogP contribution in [0.1, 0.15) is 30.2 Å². The van der Waals surface area contributed by atoms with Gasteiger partial charge >= 0.3 is 0 Å². The fourth-order valence-corrected chi connectivity index (χ4v) is 2.65. The summed E-state index contributed by atoms with van der Waals surface area (Å²) in [7, 11) is 0. The first-order valence-electron chi connectivity index (χ1n) is 6.57. The van der Waals surface area contributed by atoms with E-state index in [1.54, 1.807) is 0 Å². The second-order valence-corrected chi connectivity index (χ2v) is 5.17. The van der Waals surface area contributed by atoms with Crippen molar-refractivity contribution < 1.29 is 9.15 Å². The average molecular weight is 245 g/mol. The second-order valence-electron chi connectivity index (χ2n) is 5.17. The minimum absolute atomic E-state index is 0.0124. The summed E-state index contributed by atoms with van der Waals surface area (Å²) < 4.78 is 11.2. The zero-order valence-corrected chi connectivity index (χ0v) is 10.7. The molecule has 1 fully saturated rings. The van der Waals surface area contributed by atoms with Gasteiger partial charge in [-0.15, -0.1) is 0 Å². The van der Waals surface area contributed by atoms with Crippen LogP contribution in [0.4, 0.5) is 0 Å². The van der Waals surface area contributed by atoms with E-state index in [1.807, 2.05) is 6.07 Å². The first-order chi connectivity index (χ1) is 8.74. The van der Waals surface area contributed by atoms with E-state index in [0.717, 1.165) is 42.8 Å². The van der Waals surface area contributed by atoms with Gasteiger partial charge in [0, 0.05) is 18.6 Å². The predicted molar refractivity (Wildman–Crippen MR) is 71.4 cm³/mol. The van der Waals surface area contributed by atoms with E-state index in [0.29, 0.717) is 5.92 Å². The Morgan fingerprint density at radius 1 is 1.22 bits per heavy atom. The topological polar surface area (TPSA) is 48.4 Å². The number of furan rings is 1. The van der Waals surface area contributed by atoms with Crippen LogP contribution in [0, 0.1) is 12.8 Å². The molecule has 18 heavy (non-hydrogen) atoms. The van der Waals surface area contributed by atoms with Crippen molar-refractivity contribution in [1.82, 2.24) is 0 Å². The van der Waals surface area contributed by atoms with E-state index in [9.17, 15) is 0 Å². The quantitative estimate of drug-likeness (QED) is 0.884. The first-order valence-corrected chi connectivity index (χ1v) is 6.57. The minimum atomic E-state index is -0.0124. The highest BCUT2D eigenvalue weighted by atomic mass is 16.5. The predicted octanol–water partition coefficient (Wildman–Crippen LogP) is 3.17. The zero-order valence-electron chi connectivity index (χ0n) is 10.7. The number of fused-ring (bicyclic) bond motifs is 1. The van der Waals surface area contributed by atoms with Crippen molar-refractivity contribution >= 4 is 11.0 Å². The van der Waals surface area contributed by atoms with Crippen LogP contribution in [0.15, 0.2) is 28.7 Å². The number of rotatable bonds is 2. The van der Waals surface area contributed by atoms with Gasteiger partial charge in [0.15, 0.2) is 0 Å². The fraction of sp³-hybridized carbons (Fsp3) is 0.467. The lowest BCUT2D eigenvalue weighted by Crippen LogP contribution is -2.27. The maximum absolute atomic E-state index is 6.32. The van der Waals surface area contributed by atoms with Gasteiger partial charge in [0.1, 0.15) is 11.3 Å². The lowest BCUT2D eigenvalue weighted by Gasteiger charge is -2.26. The van der Waals surface area contributed by atoms with Crippen molar-refractivity contribution in [3.8, 4) is 0 Å².